The lowest BCUT2D eigenvalue weighted by Gasteiger charge is -2.18. The van der Waals surface area contributed by atoms with Gasteiger partial charge in [0.25, 0.3) is 0 Å². The number of benzene rings is 2. The molecule has 23 heavy (non-hydrogen) atoms. The number of halogens is 1. The Labute approximate surface area is 139 Å². The molecule has 1 heterocycles. The molecule has 1 saturated heterocycles. The van der Waals surface area contributed by atoms with Gasteiger partial charge in [-0.25, -0.2) is 4.39 Å². The largest absolute Gasteiger partial charge is 0.378 e. The molecular weight excluding hydrogens is 311 g/mol. The Morgan fingerprint density at radius 2 is 1.91 bits per heavy atom. The van der Waals surface area contributed by atoms with Crippen molar-refractivity contribution in [1.82, 2.24) is 5.32 Å². The summed E-state index contributed by atoms with van der Waals surface area (Å²) >= 11 is 5.30. The molecule has 2 aromatic rings. The van der Waals surface area contributed by atoms with Gasteiger partial charge in [-0.05, 0) is 24.6 Å². The predicted octanol–water partition coefficient (Wildman–Crippen LogP) is 3.40. The number of nitrogens with one attached hydrogen (secondary N) is 2. The molecular formula is C18H17FN2OS. The van der Waals surface area contributed by atoms with Crippen molar-refractivity contribution in [3.63, 3.8) is 0 Å². The molecule has 3 rings (SSSR count). The smallest absolute Gasteiger partial charge is 0.235 e. The van der Waals surface area contributed by atoms with E-state index < -0.39 is 11.7 Å². The molecule has 2 aromatic carbocycles. The first-order valence-electron chi connectivity index (χ1n) is 7.46. The van der Waals surface area contributed by atoms with E-state index >= 15 is 0 Å². The first kappa shape index (κ1) is 15.6. The molecule has 0 aromatic heterocycles. The van der Waals surface area contributed by atoms with Gasteiger partial charge in [0, 0.05) is 12.5 Å². The van der Waals surface area contributed by atoms with Crippen LogP contribution in [-0.4, -0.2) is 17.4 Å². The average Bonchev–Trinajstić information content (AvgIpc) is 2.92. The predicted molar refractivity (Wildman–Crippen MR) is 93.0 cm³/mol. The summed E-state index contributed by atoms with van der Waals surface area (Å²) in [4.78, 5) is 13.1. The third-order valence-electron chi connectivity index (χ3n) is 4.10. The number of hydrogen-bond acceptors (Lipinski definition) is 2. The maximum atomic E-state index is 13.7. The minimum Gasteiger partial charge on any atom is -0.378 e. The van der Waals surface area contributed by atoms with Crippen LogP contribution in [0.15, 0.2) is 48.5 Å². The van der Waals surface area contributed by atoms with Crippen LogP contribution in [-0.2, 0) is 4.79 Å². The Balaban J connectivity index is 1.83. The van der Waals surface area contributed by atoms with Crippen molar-refractivity contribution in [1.29, 1.82) is 0 Å². The molecule has 3 nitrogen and oxygen atoms in total. The zero-order valence-electron chi connectivity index (χ0n) is 12.7. The fourth-order valence-electron chi connectivity index (χ4n) is 2.82. The van der Waals surface area contributed by atoms with Crippen LogP contribution in [0, 0.1) is 18.7 Å². The van der Waals surface area contributed by atoms with E-state index in [1.54, 1.807) is 18.2 Å². The van der Waals surface area contributed by atoms with Crippen LogP contribution in [0.5, 0.6) is 0 Å². The maximum Gasteiger partial charge on any atom is 0.235 e. The van der Waals surface area contributed by atoms with Crippen LogP contribution in [0.4, 0.5) is 10.1 Å². The molecule has 0 spiro atoms. The second kappa shape index (κ2) is 6.46. The van der Waals surface area contributed by atoms with Crippen molar-refractivity contribution in [3.05, 3.63) is 65.5 Å². The van der Waals surface area contributed by atoms with Crippen LogP contribution in [0.3, 0.4) is 0 Å². The summed E-state index contributed by atoms with van der Waals surface area (Å²) in [5.41, 5.74) is 2.39. The summed E-state index contributed by atoms with van der Waals surface area (Å²) in [6.45, 7) is 2.63. The lowest BCUT2D eigenvalue weighted by Crippen LogP contribution is -2.31. The topological polar surface area (TPSA) is 41.1 Å². The van der Waals surface area contributed by atoms with Gasteiger partial charge in [0.1, 0.15) is 5.82 Å². The molecule has 1 aliphatic heterocycles. The highest BCUT2D eigenvalue weighted by atomic mass is 32.1. The van der Waals surface area contributed by atoms with E-state index in [2.05, 4.69) is 10.6 Å². The van der Waals surface area contributed by atoms with Crippen molar-refractivity contribution in [2.75, 3.05) is 11.9 Å². The lowest BCUT2D eigenvalue weighted by atomic mass is 9.88. The second-order valence-electron chi connectivity index (χ2n) is 5.71. The van der Waals surface area contributed by atoms with Crippen molar-refractivity contribution in [3.8, 4) is 0 Å². The van der Waals surface area contributed by atoms with Crippen LogP contribution in [0.2, 0.25) is 0 Å². The highest BCUT2D eigenvalue weighted by Crippen LogP contribution is 2.31. The van der Waals surface area contributed by atoms with Gasteiger partial charge in [0.15, 0.2) is 0 Å². The van der Waals surface area contributed by atoms with Crippen LogP contribution in [0.25, 0.3) is 0 Å². The molecule has 118 valence electrons. The quantitative estimate of drug-likeness (QED) is 0.849. The highest BCUT2D eigenvalue weighted by molar-refractivity contribution is 7.80. The molecule has 1 fully saturated rings. The minimum atomic E-state index is -0.493. The van der Waals surface area contributed by atoms with Gasteiger partial charge in [-0.2, -0.15) is 0 Å². The molecule has 0 unspecified atom stereocenters. The number of carbonyl (C=O) groups excluding carboxylic acids is 1. The molecule has 2 atom stereocenters. The monoisotopic (exact) mass is 328 g/mol. The number of aryl methyl sites for hydroxylation is 1. The number of anilines is 1. The maximum absolute atomic E-state index is 13.7. The first-order valence-corrected chi connectivity index (χ1v) is 7.87. The van der Waals surface area contributed by atoms with Gasteiger partial charge >= 0.3 is 0 Å². The third-order valence-corrected chi connectivity index (χ3v) is 4.50. The van der Waals surface area contributed by atoms with E-state index in [9.17, 15) is 9.18 Å². The normalized spacial score (nSPS) is 20.2. The van der Waals surface area contributed by atoms with Crippen molar-refractivity contribution >= 4 is 28.8 Å². The molecule has 0 saturated carbocycles. The SMILES string of the molecule is Cc1ccc([C@H]2CNC(=S)[C@@H]2C(=O)Nc2ccccc2F)cc1. The molecule has 1 aliphatic rings. The summed E-state index contributed by atoms with van der Waals surface area (Å²) in [5.74, 6) is -1.28. The minimum absolute atomic E-state index is 0.0464. The summed E-state index contributed by atoms with van der Waals surface area (Å²) < 4.78 is 13.7. The van der Waals surface area contributed by atoms with Gasteiger partial charge in [-0.3, -0.25) is 4.79 Å². The Hall–Kier alpha value is -2.27. The lowest BCUT2D eigenvalue weighted by molar-refractivity contribution is -0.118. The third kappa shape index (κ3) is 3.24. The Bertz CT molecular complexity index is 745. The number of carbonyl (C=O) groups is 1. The Kier molecular flexibility index (Phi) is 4.39. The second-order valence-corrected chi connectivity index (χ2v) is 6.15. The first-order chi connectivity index (χ1) is 11.1. The number of rotatable bonds is 3. The van der Waals surface area contributed by atoms with Gasteiger partial charge in [-0.15, -0.1) is 0 Å². The summed E-state index contributed by atoms with van der Waals surface area (Å²) in [7, 11) is 0. The van der Waals surface area contributed by atoms with E-state index in [1.807, 2.05) is 31.2 Å². The zero-order valence-corrected chi connectivity index (χ0v) is 13.5. The van der Waals surface area contributed by atoms with E-state index in [1.165, 1.54) is 6.07 Å². The summed E-state index contributed by atoms with van der Waals surface area (Å²) in [6, 6.07) is 14.2. The van der Waals surface area contributed by atoms with Crippen LogP contribution < -0.4 is 10.6 Å². The summed E-state index contributed by atoms with van der Waals surface area (Å²) in [6.07, 6.45) is 0. The van der Waals surface area contributed by atoms with Crippen LogP contribution >= 0.6 is 12.2 Å². The number of para-hydroxylation sites is 1. The van der Waals surface area contributed by atoms with Gasteiger partial charge in [0.2, 0.25) is 5.91 Å². The molecule has 0 radical (unpaired) electrons. The van der Waals surface area contributed by atoms with Crippen LogP contribution in [0.1, 0.15) is 17.0 Å². The van der Waals surface area contributed by atoms with Crippen molar-refractivity contribution < 1.29 is 9.18 Å². The molecule has 0 aliphatic carbocycles. The van der Waals surface area contributed by atoms with Crippen molar-refractivity contribution in [2.45, 2.75) is 12.8 Å². The van der Waals surface area contributed by atoms with E-state index in [-0.39, 0.29) is 17.5 Å². The number of amides is 1. The van der Waals surface area contributed by atoms with E-state index in [4.69, 9.17) is 12.2 Å². The molecule has 0 bridgehead atoms. The van der Waals surface area contributed by atoms with Gasteiger partial charge in [-0.1, -0.05) is 54.2 Å². The summed E-state index contributed by atoms with van der Waals surface area (Å²) in [5, 5.41) is 5.74. The highest BCUT2D eigenvalue weighted by Gasteiger charge is 2.38. The number of hydrogen-bond donors (Lipinski definition) is 2. The van der Waals surface area contributed by atoms with E-state index in [0.29, 0.717) is 11.5 Å². The number of thiocarbonyl (C=S) groups is 1. The van der Waals surface area contributed by atoms with E-state index in [0.717, 1.165) is 11.1 Å². The standard InChI is InChI=1S/C18H17FN2OS/c1-11-6-8-12(9-7-11)13-10-20-18(23)16(13)17(22)21-15-5-3-2-4-14(15)19/h2-9,13,16H,10H2,1H3,(H,20,23)(H,21,22)/t13-,16+/m1/s1. The fraction of sp³-hybridized carbons (Fsp3) is 0.222. The zero-order chi connectivity index (χ0) is 16.4. The van der Waals surface area contributed by atoms with Gasteiger partial charge in [0.05, 0.1) is 16.6 Å². The Morgan fingerprint density at radius 3 is 2.61 bits per heavy atom. The fourth-order valence-corrected chi connectivity index (χ4v) is 3.17. The van der Waals surface area contributed by atoms with Gasteiger partial charge < -0.3 is 10.6 Å². The van der Waals surface area contributed by atoms with Crippen molar-refractivity contribution in [2.24, 2.45) is 5.92 Å². The molecule has 2 N–H and O–H groups in total. The Morgan fingerprint density at radius 1 is 1.22 bits per heavy atom. The molecule has 5 heteroatoms. The molecule has 1 amide bonds. The average molecular weight is 328 g/mol.